The van der Waals surface area contributed by atoms with Gasteiger partial charge in [0.1, 0.15) is 0 Å². The first-order chi connectivity index (χ1) is 10.3. The Hall–Kier alpha value is -1.51. The van der Waals surface area contributed by atoms with E-state index in [0.29, 0.717) is 0 Å². The van der Waals surface area contributed by atoms with Crippen molar-refractivity contribution in [2.45, 2.75) is 18.2 Å². The maximum Gasteiger partial charge on any atom is 0.0238 e. The van der Waals surface area contributed by atoms with Gasteiger partial charge in [-0.3, -0.25) is 0 Å². The number of hydrogen-bond acceptors (Lipinski definition) is 2. The normalized spacial score (nSPS) is 17.1. The predicted octanol–water partition coefficient (Wildman–Crippen LogP) is 4.84. The summed E-state index contributed by atoms with van der Waals surface area (Å²) in [6.45, 7) is 7.07. The monoisotopic (exact) mass is 297 g/mol. The molecule has 1 aliphatic heterocycles. The highest BCUT2D eigenvalue weighted by Crippen LogP contribution is 2.39. The molecule has 1 aromatic rings. The average Bonchev–Trinajstić information content (AvgIpc) is 2.66. The van der Waals surface area contributed by atoms with E-state index in [4.69, 9.17) is 0 Å². The van der Waals surface area contributed by atoms with E-state index in [1.165, 1.54) is 27.2 Å². The fourth-order valence-corrected chi connectivity index (χ4v) is 3.57. The molecule has 1 aromatic carbocycles. The third kappa shape index (κ3) is 3.78. The molecule has 0 bridgehead atoms. The SMILES string of the molecule is C=CC1=C(/C=C\C)/C(=C/CCNC)c2ccccc2SC1. The second kappa shape index (κ2) is 8.06. The van der Waals surface area contributed by atoms with Crippen LogP contribution in [0.15, 0.2) is 71.2 Å². The zero-order valence-electron chi connectivity index (χ0n) is 12.9. The minimum atomic E-state index is 0.976. The highest BCUT2D eigenvalue weighted by atomic mass is 32.2. The first kappa shape index (κ1) is 15.9. The lowest BCUT2D eigenvalue weighted by Gasteiger charge is -2.12. The highest BCUT2D eigenvalue weighted by molar-refractivity contribution is 7.99. The minimum absolute atomic E-state index is 0.976. The third-order valence-corrected chi connectivity index (χ3v) is 4.64. The Morgan fingerprint density at radius 3 is 2.86 bits per heavy atom. The topological polar surface area (TPSA) is 12.0 Å². The first-order valence-corrected chi connectivity index (χ1v) is 8.36. The Kier molecular flexibility index (Phi) is 6.09. The number of rotatable bonds is 5. The summed E-state index contributed by atoms with van der Waals surface area (Å²) in [4.78, 5) is 1.35. The van der Waals surface area contributed by atoms with E-state index < -0.39 is 0 Å². The predicted molar refractivity (Wildman–Crippen MR) is 95.7 cm³/mol. The van der Waals surface area contributed by atoms with Gasteiger partial charge in [-0.05, 0) is 55.3 Å². The van der Waals surface area contributed by atoms with Gasteiger partial charge in [-0.2, -0.15) is 0 Å². The van der Waals surface area contributed by atoms with Gasteiger partial charge in [-0.15, -0.1) is 11.8 Å². The summed E-state index contributed by atoms with van der Waals surface area (Å²) >= 11 is 1.90. The largest absolute Gasteiger partial charge is 0.319 e. The van der Waals surface area contributed by atoms with Crippen molar-refractivity contribution in [1.29, 1.82) is 0 Å². The number of fused-ring (bicyclic) bond motifs is 1. The van der Waals surface area contributed by atoms with Gasteiger partial charge in [-0.25, -0.2) is 0 Å². The van der Waals surface area contributed by atoms with Crippen molar-refractivity contribution >= 4 is 17.3 Å². The Bertz CT molecular complexity index is 593. The van der Waals surface area contributed by atoms with Crippen molar-refractivity contribution in [3.8, 4) is 0 Å². The number of benzene rings is 1. The summed E-state index contributed by atoms with van der Waals surface area (Å²) in [6.07, 6.45) is 9.70. The van der Waals surface area contributed by atoms with Gasteiger partial charge in [0.05, 0.1) is 0 Å². The molecular weight excluding hydrogens is 274 g/mol. The van der Waals surface area contributed by atoms with Gasteiger partial charge in [0.15, 0.2) is 0 Å². The molecule has 1 N–H and O–H groups in total. The molecule has 0 saturated heterocycles. The Morgan fingerprint density at radius 2 is 2.14 bits per heavy atom. The lowest BCUT2D eigenvalue weighted by Crippen LogP contribution is -2.06. The lowest BCUT2D eigenvalue weighted by atomic mass is 9.93. The van der Waals surface area contributed by atoms with Crippen LogP contribution in [0.2, 0.25) is 0 Å². The van der Waals surface area contributed by atoms with Crippen LogP contribution in [0.3, 0.4) is 0 Å². The van der Waals surface area contributed by atoms with Crippen LogP contribution in [0.1, 0.15) is 18.9 Å². The molecule has 0 unspecified atom stereocenters. The van der Waals surface area contributed by atoms with Crippen LogP contribution in [0, 0.1) is 0 Å². The summed E-state index contributed by atoms with van der Waals surface area (Å²) in [5.74, 6) is 0.976. The van der Waals surface area contributed by atoms with E-state index in [1.54, 1.807) is 0 Å². The zero-order chi connectivity index (χ0) is 15.1. The molecule has 2 heteroatoms. The minimum Gasteiger partial charge on any atom is -0.319 e. The molecule has 0 aliphatic carbocycles. The second-order valence-electron chi connectivity index (χ2n) is 4.94. The van der Waals surface area contributed by atoms with Gasteiger partial charge >= 0.3 is 0 Å². The summed E-state index contributed by atoms with van der Waals surface area (Å²) in [5, 5.41) is 3.21. The van der Waals surface area contributed by atoms with Crippen LogP contribution in [0.4, 0.5) is 0 Å². The van der Waals surface area contributed by atoms with Crippen molar-refractivity contribution in [1.82, 2.24) is 5.32 Å². The van der Waals surface area contributed by atoms with Crippen LogP contribution >= 0.6 is 11.8 Å². The Balaban J connectivity index is 2.57. The molecule has 0 amide bonds. The smallest absolute Gasteiger partial charge is 0.0238 e. The van der Waals surface area contributed by atoms with Gasteiger partial charge in [-0.1, -0.05) is 49.1 Å². The van der Waals surface area contributed by atoms with Gasteiger partial charge in [0.2, 0.25) is 0 Å². The van der Waals surface area contributed by atoms with Crippen molar-refractivity contribution in [2.24, 2.45) is 0 Å². The van der Waals surface area contributed by atoms with Crippen molar-refractivity contribution in [3.05, 3.63) is 71.9 Å². The molecule has 1 heterocycles. The maximum atomic E-state index is 4.01. The number of hydrogen-bond donors (Lipinski definition) is 1. The molecule has 0 saturated carbocycles. The average molecular weight is 297 g/mol. The summed E-state index contributed by atoms with van der Waals surface area (Å²) in [6, 6.07) is 8.68. The van der Waals surface area contributed by atoms with Gasteiger partial charge in [0.25, 0.3) is 0 Å². The fourth-order valence-electron chi connectivity index (χ4n) is 2.48. The number of thioether (sulfide) groups is 1. The highest BCUT2D eigenvalue weighted by Gasteiger charge is 2.17. The van der Waals surface area contributed by atoms with E-state index in [0.717, 1.165) is 18.7 Å². The van der Waals surface area contributed by atoms with Crippen LogP contribution in [0.5, 0.6) is 0 Å². The van der Waals surface area contributed by atoms with E-state index >= 15 is 0 Å². The molecule has 0 atom stereocenters. The van der Waals surface area contributed by atoms with Crippen LogP contribution in [0.25, 0.3) is 5.57 Å². The maximum absolute atomic E-state index is 4.01. The number of allylic oxidation sites excluding steroid dienone is 5. The molecule has 21 heavy (non-hydrogen) atoms. The number of nitrogens with one attached hydrogen (secondary N) is 1. The standard InChI is InChI=1S/C19H23NS/c1-4-9-16-15(5-2)14-21-19-12-7-6-10-18(19)17(16)11-8-13-20-3/h4-7,9-12,20H,2,8,13-14H2,1,3H3/b9-4-,17-11-. The Labute approximate surface area is 132 Å². The van der Waals surface area contributed by atoms with Gasteiger partial charge < -0.3 is 5.32 Å². The molecule has 0 fully saturated rings. The molecule has 0 spiro atoms. The van der Waals surface area contributed by atoms with Crippen molar-refractivity contribution in [2.75, 3.05) is 19.3 Å². The zero-order valence-corrected chi connectivity index (χ0v) is 13.7. The van der Waals surface area contributed by atoms with E-state index in [2.05, 4.69) is 61.3 Å². The molecular formula is C19H23NS. The van der Waals surface area contributed by atoms with E-state index in [9.17, 15) is 0 Å². The molecule has 0 aromatic heterocycles. The summed E-state index contributed by atoms with van der Waals surface area (Å²) in [7, 11) is 1.99. The van der Waals surface area contributed by atoms with Crippen LogP contribution in [-0.4, -0.2) is 19.3 Å². The fraction of sp³-hybridized carbons (Fsp3) is 0.263. The molecule has 1 aliphatic rings. The molecule has 0 radical (unpaired) electrons. The Morgan fingerprint density at radius 1 is 1.33 bits per heavy atom. The van der Waals surface area contributed by atoms with Crippen molar-refractivity contribution < 1.29 is 0 Å². The summed E-state index contributed by atoms with van der Waals surface area (Å²) < 4.78 is 0. The van der Waals surface area contributed by atoms with E-state index in [1.807, 2.05) is 24.9 Å². The van der Waals surface area contributed by atoms with Crippen molar-refractivity contribution in [3.63, 3.8) is 0 Å². The van der Waals surface area contributed by atoms with Crippen LogP contribution < -0.4 is 5.32 Å². The van der Waals surface area contributed by atoms with Gasteiger partial charge in [0, 0.05) is 10.6 Å². The third-order valence-electron chi connectivity index (χ3n) is 3.52. The quantitative estimate of drug-likeness (QED) is 0.780. The summed E-state index contributed by atoms with van der Waals surface area (Å²) in [5.41, 5.74) is 5.29. The van der Waals surface area contributed by atoms with Crippen LogP contribution in [-0.2, 0) is 0 Å². The first-order valence-electron chi connectivity index (χ1n) is 7.37. The molecule has 1 nitrogen and oxygen atoms in total. The van der Waals surface area contributed by atoms with E-state index in [-0.39, 0.29) is 0 Å². The molecule has 110 valence electrons. The second-order valence-corrected chi connectivity index (χ2v) is 5.96. The molecule has 2 rings (SSSR count). The lowest BCUT2D eigenvalue weighted by molar-refractivity contribution is 0.808.